The maximum atomic E-state index is 5.74. The van der Waals surface area contributed by atoms with Crippen LogP contribution in [0, 0.1) is 5.92 Å². The lowest BCUT2D eigenvalue weighted by molar-refractivity contribution is 0.630. The Morgan fingerprint density at radius 2 is 2.50 bits per heavy atom. The Labute approximate surface area is 63.3 Å². The highest BCUT2D eigenvalue weighted by molar-refractivity contribution is 5.15. The molecule has 1 aliphatic carbocycles. The molecular formula is C9H17N. The van der Waals surface area contributed by atoms with E-state index in [0.29, 0.717) is 6.04 Å². The third-order valence-corrected chi connectivity index (χ3v) is 2.44. The van der Waals surface area contributed by atoms with Gasteiger partial charge in [-0.2, -0.15) is 0 Å². The molecule has 2 unspecified atom stereocenters. The Kier molecular flexibility index (Phi) is 2.50. The van der Waals surface area contributed by atoms with Gasteiger partial charge in [-0.25, -0.2) is 0 Å². The molecule has 2 atom stereocenters. The highest BCUT2D eigenvalue weighted by Crippen LogP contribution is 2.25. The minimum absolute atomic E-state index is 0.351. The molecule has 0 fully saturated rings. The summed E-state index contributed by atoms with van der Waals surface area (Å²) in [7, 11) is 0. The van der Waals surface area contributed by atoms with E-state index in [-0.39, 0.29) is 0 Å². The van der Waals surface area contributed by atoms with Crippen molar-refractivity contribution in [1.82, 2.24) is 0 Å². The minimum Gasteiger partial charge on any atom is -0.324 e. The van der Waals surface area contributed by atoms with Crippen LogP contribution in [0.2, 0.25) is 0 Å². The molecule has 0 saturated carbocycles. The summed E-state index contributed by atoms with van der Waals surface area (Å²) >= 11 is 0. The van der Waals surface area contributed by atoms with Crippen molar-refractivity contribution >= 4 is 0 Å². The van der Waals surface area contributed by atoms with Gasteiger partial charge in [0.2, 0.25) is 0 Å². The highest BCUT2D eigenvalue weighted by Gasteiger charge is 2.15. The zero-order valence-electron chi connectivity index (χ0n) is 6.93. The van der Waals surface area contributed by atoms with Crippen molar-refractivity contribution in [2.24, 2.45) is 11.7 Å². The van der Waals surface area contributed by atoms with Crippen molar-refractivity contribution in [3.8, 4) is 0 Å². The molecule has 1 aliphatic rings. The summed E-state index contributed by atoms with van der Waals surface area (Å²) in [6.45, 7) is 4.51. The van der Waals surface area contributed by atoms with Gasteiger partial charge in [-0.15, -0.1) is 0 Å². The van der Waals surface area contributed by atoms with E-state index in [9.17, 15) is 0 Å². The van der Waals surface area contributed by atoms with E-state index < -0.39 is 0 Å². The summed E-state index contributed by atoms with van der Waals surface area (Å²) in [4.78, 5) is 0. The Morgan fingerprint density at radius 3 is 2.90 bits per heavy atom. The van der Waals surface area contributed by atoms with Crippen LogP contribution in [0.25, 0.3) is 0 Å². The van der Waals surface area contributed by atoms with E-state index in [0.717, 1.165) is 5.92 Å². The van der Waals surface area contributed by atoms with Crippen molar-refractivity contribution in [2.45, 2.75) is 39.2 Å². The molecular weight excluding hydrogens is 122 g/mol. The lowest BCUT2D eigenvalue weighted by Gasteiger charge is -2.07. The van der Waals surface area contributed by atoms with Crippen LogP contribution in [0.3, 0.4) is 0 Å². The van der Waals surface area contributed by atoms with Gasteiger partial charge >= 0.3 is 0 Å². The Morgan fingerprint density at radius 1 is 1.80 bits per heavy atom. The van der Waals surface area contributed by atoms with E-state index in [4.69, 9.17) is 5.73 Å². The maximum absolute atomic E-state index is 5.74. The summed E-state index contributed by atoms with van der Waals surface area (Å²) in [5, 5.41) is 0. The van der Waals surface area contributed by atoms with Gasteiger partial charge in [0.1, 0.15) is 0 Å². The molecule has 58 valence electrons. The van der Waals surface area contributed by atoms with Crippen LogP contribution in [0.15, 0.2) is 11.6 Å². The second-order valence-corrected chi connectivity index (χ2v) is 3.25. The third kappa shape index (κ3) is 1.60. The molecule has 0 aromatic heterocycles. The molecule has 0 spiro atoms. The molecule has 0 amide bonds. The van der Waals surface area contributed by atoms with Crippen molar-refractivity contribution < 1.29 is 0 Å². The summed E-state index contributed by atoms with van der Waals surface area (Å²) in [6.07, 6.45) is 5.89. The normalized spacial score (nSPS) is 28.3. The highest BCUT2D eigenvalue weighted by atomic mass is 14.6. The number of hydrogen-bond donors (Lipinski definition) is 1. The Balaban J connectivity index is 2.48. The van der Waals surface area contributed by atoms with Gasteiger partial charge in [0, 0.05) is 6.04 Å². The van der Waals surface area contributed by atoms with Crippen LogP contribution < -0.4 is 5.73 Å². The van der Waals surface area contributed by atoms with Crippen LogP contribution in [-0.4, -0.2) is 6.04 Å². The van der Waals surface area contributed by atoms with E-state index >= 15 is 0 Å². The average molecular weight is 139 g/mol. The third-order valence-electron chi connectivity index (χ3n) is 2.44. The number of rotatable bonds is 2. The van der Waals surface area contributed by atoms with E-state index in [2.05, 4.69) is 19.9 Å². The molecule has 0 radical (unpaired) electrons. The Bertz CT molecular complexity index is 138. The molecule has 0 aromatic carbocycles. The zero-order valence-corrected chi connectivity index (χ0v) is 6.93. The molecule has 0 aliphatic heterocycles. The summed E-state index contributed by atoms with van der Waals surface area (Å²) < 4.78 is 0. The average Bonchev–Trinajstić information content (AvgIpc) is 2.34. The number of hydrogen-bond acceptors (Lipinski definition) is 1. The topological polar surface area (TPSA) is 26.0 Å². The van der Waals surface area contributed by atoms with Crippen molar-refractivity contribution in [1.29, 1.82) is 0 Å². The number of allylic oxidation sites excluding steroid dienone is 1. The fourth-order valence-corrected chi connectivity index (χ4v) is 1.45. The van der Waals surface area contributed by atoms with Crippen molar-refractivity contribution in [2.75, 3.05) is 0 Å². The van der Waals surface area contributed by atoms with Gasteiger partial charge < -0.3 is 5.73 Å². The largest absolute Gasteiger partial charge is 0.324 e. The first-order valence-electron chi connectivity index (χ1n) is 4.20. The monoisotopic (exact) mass is 139 g/mol. The maximum Gasteiger partial charge on any atom is 0.0229 e. The first kappa shape index (κ1) is 7.80. The van der Waals surface area contributed by atoms with Gasteiger partial charge in [0.15, 0.2) is 0 Å². The van der Waals surface area contributed by atoms with Gasteiger partial charge in [-0.1, -0.05) is 25.5 Å². The fourth-order valence-electron chi connectivity index (χ4n) is 1.45. The van der Waals surface area contributed by atoms with Crippen LogP contribution in [0.4, 0.5) is 0 Å². The molecule has 0 heterocycles. The SMILES string of the molecule is CCC(C)C1=CC(N)CC1. The molecule has 1 heteroatoms. The molecule has 0 aromatic rings. The van der Waals surface area contributed by atoms with Crippen molar-refractivity contribution in [3.05, 3.63) is 11.6 Å². The van der Waals surface area contributed by atoms with E-state index in [1.54, 1.807) is 5.57 Å². The van der Waals surface area contributed by atoms with Gasteiger partial charge in [-0.3, -0.25) is 0 Å². The molecule has 1 rings (SSSR count). The van der Waals surface area contributed by atoms with Gasteiger partial charge in [-0.05, 0) is 25.2 Å². The standard InChI is InChI=1S/C9H17N/c1-3-7(2)8-4-5-9(10)6-8/h6-7,9H,3-5,10H2,1-2H3. The van der Waals surface area contributed by atoms with Crippen LogP contribution in [0.1, 0.15) is 33.1 Å². The molecule has 0 saturated heterocycles. The lowest BCUT2D eigenvalue weighted by atomic mass is 9.98. The molecule has 10 heavy (non-hydrogen) atoms. The fraction of sp³-hybridized carbons (Fsp3) is 0.778. The van der Waals surface area contributed by atoms with Crippen LogP contribution in [-0.2, 0) is 0 Å². The minimum atomic E-state index is 0.351. The first-order valence-corrected chi connectivity index (χ1v) is 4.20. The molecule has 2 N–H and O–H groups in total. The summed E-state index contributed by atoms with van der Waals surface area (Å²) in [5.74, 6) is 0.758. The lowest BCUT2D eigenvalue weighted by Crippen LogP contribution is -2.11. The van der Waals surface area contributed by atoms with Crippen LogP contribution in [0.5, 0.6) is 0 Å². The van der Waals surface area contributed by atoms with Gasteiger partial charge in [0.05, 0.1) is 0 Å². The quantitative estimate of drug-likeness (QED) is 0.582. The predicted octanol–water partition coefficient (Wildman–Crippen LogP) is 2.08. The van der Waals surface area contributed by atoms with Crippen LogP contribution >= 0.6 is 0 Å². The summed E-state index contributed by atoms with van der Waals surface area (Å²) in [6, 6.07) is 0.351. The predicted molar refractivity (Wildman–Crippen MR) is 44.7 cm³/mol. The van der Waals surface area contributed by atoms with Gasteiger partial charge in [0.25, 0.3) is 0 Å². The second kappa shape index (κ2) is 3.20. The smallest absolute Gasteiger partial charge is 0.0229 e. The Hall–Kier alpha value is -0.300. The zero-order chi connectivity index (χ0) is 7.56. The van der Waals surface area contributed by atoms with E-state index in [1.807, 2.05) is 0 Å². The second-order valence-electron chi connectivity index (χ2n) is 3.25. The first-order chi connectivity index (χ1) is 4.74. The number of nitrogens with two attached hydrogens (primary N) is 1. The molecule has 1 nitrogen and oxygen atoms in total. The summed E-state index contributed by atoms with van der Waals surface area (Å²) in [5.41, 5.74) is 7.32. The molecule has 0 bridgehead atoms. The van der Waals surface area contributed by atoms with E-state index in [1.165, 1.54) is 19.3 Å². The van der Waals surface area contributed by atoms with Crippen molar-refractivity contribution in [3.63, 3.8) is 0 Å².